The van der Waals surface area contributed by atoms with Crippen LogP contribution in [0.3, 0.4) is 0 Å². The summed E-state index contributed by atoms with van der Waals surface area (Å²) >= 11 is 6.03. The topological polar surface area (TPSA) is 114 Å². The van der Waals surface area contributed by atoms with Crippen LogP contribution in [0.1, 0.15) is 34.8 Å². The first-order valence-electron chi connectivity index (χ1n) is 9.93. The number of benzene rings is 2. The molecule has 0 fully saturated rings. The number of aromatic amines is 1. The molecular weight excluding hydrogens is 434 g/mol. The molecule has 1 amide bonds. The van der Waals surface area contributed by atoms with Crippen molar-refractivity contribution < 1.29 is 14.1 Å². The van der Waals surface area contributed by atoms with E-state index in [2.05, 4.69) is 20.1 Å². The number of hydrogen-bond acceptors (Lipinski definition) is 7. The Kier molecular flexibility index (Phi) is 6.18. The van der Waals surface area contributed by atoms with Crippen LogP contribution < -0.4 is 10.3 Å². The van der Waals surface area contributed by atoms with E-state index in [1.165, 1.54) is 0 Å². The number of halogens is 1. The largest absolute Gasteiger partial charge is 0.485 e. The predicted octanol–water partition coefficient (Wildman–Crippen LogP) is 3.51. The van der Waals surface area contributed by atoms with E-state index in [4.69, 9.17) is 20.9 Å². The van der Waals surface area contributed by atoms with Gasteiger partial charge in [-0.1, -0.05) is 28.9 Å². The van der Waals surface area contributed by atoms with Crippen LogP contribution in [-0.4, -0.2) is 37.5 Å². The molecule has 0 unspecified atom stereocenters. The van der Waals surface area contributed by atoms with E-state index in [9.17, 15) is 9.59 Å². The SMILES string of the molecule is CCN(Cc1nc2cc(Cl)ccc2c(=O)[nH]1)C(=O)c1ccccc1OCc1noc(C)n1. The van der Waals surface area contributed by atoms with Crippen LogP contribution in [0.4, 0.5) is 0 Å². The van der Waals surface area contributed by atoms with Gasteiger partial charge in [-0.2, -0.15) is 4.98 Å². The zero-order chi connectivity index (χ0) is 22.7. The molecule has 0 saturated heterocycles. The Morgan fingerprint density at radius 1 is 1.22 bits per heavy atom. The summed E-state index contributed by atoms with van der Waals surface area (Å²) in [6.45, 7) is 4.11. The van der Waals surface area contributed by atoms with Crippen molar-refractivity contribution in [3.8, 4) is 5.75 Å². The van der Waals surface area contributed by atoms with Crippen molar-refractivity contribution in [2.75, 3.05) is 6.54 Å². The molecule has 9 nitrogen and oxygen atoms in total. The highest BCUT2D eigenvalue weighted by atomic mass is 35.5. The normalized spacial score (nSPS) is 11.0. The molecule has 0 aliphatic rings. The van der Waals surface area contributed by atoms with Crippen LogP contribution >= 0.6 is 11.6 Å². The molecule has 0 atom stereocenters. The number of aryl methyl sites for hydroxylation is 1. The molecule has 164 valence electrons. The number of ether oxygens (including phenoxy) is 1. The summed E-state index contributed by atoms with van der Waals surface area (Å²) < 4.78 is 10.7. The van der Waals surface area contributed by atoms with Crippen LogP contribution in [0.2, 0.25) is 5.02 Å². The lowest BCUT2D eigenvalue weighted by Gasteiger charge is -2.21. The number of carbonyl (C=O) groups is 1. The van der Waals surface area contributed by atoms with E-state index in [0.29, 0.717) is 51.3 Å². The van der Waals surface area contributed by atoms with Crippen LogP contribution in [0.15, 0.2) is 51.8 Å². The molecule has 1 N–H and O–H groups in total. The Bertz CT molecular complexity index is 1330. The summed E-state index contributed by atoms with van der Waals surface area (Å²) in [4.78, 5) is 38.6. The van der Waals surface area contributed by atoms with Gasteiger partial charge in [-0.15, -0.1) is 0 Å². The number of para-hydroxylation sites is 1. The Labute approximate surface area is 188 Å². The monoisotopic (exact) mass is 453 g/mol. The molecule has 4 rings (SSSR count). The summed E-state index contributed by atoms with van der Waals surface area (Å²) in [5.41, 5.74) is 0.559. The maximum Gasteiger partial charge on any atom is 0.258 e. The van der Waals surface area contributed by atoms with Crippen molar-refractivity contribution in [3.63, 3.8) is 0 Å². The first-order valence-corrected chi connectivity index (χ1v) is 10.3. The lowest BCUT2D eigenvalue weighted by atomic mass is 10.1. The number of carbonyl (C=O) groups excluding carboxylic acids is 1. The zero-order valence-electron chi connectivity index (χ0n) is 17.5. The molecular formula is C22H20ClN5O4. The molecule has 0 aliphatic carbocycles. The molecule has 2 aromatic carbocycles. The third kappa shape index (κ3) is 4.62. The predicted molar refractivity (Wildman–Crippen MR) is 118 cm³/mol. The van der Waals surface area contributed by atoms with Crippen LogP contribution in [-0.2, 0) is 13.2 Å². The molecule has 0 bridgehead atoms. The van der Waals surface area contributed by atoms with E-state index >= 15 is 0 Å². The third-order valence-electron chi connectivity index (χ3n) is 4.77. The second-order valence-corrected chi connectivity index (χ2v) is 7.44. The number of hydrogen-bond donors (Lipinski definition) is 1. The van der Waals surface area contributed by atoms with Crippen molar-refractivity contribution in [1.29, 1.82) is 0 Å². The minimum atomic E-state index is -0.288. The van der Waals surface area contributed by atoms with Crippen LogP contribution in [0.5, 0.6) is 5.75 Å². The van der Waals surface area contributed by atoms with Gasteiger partial charge in [0.15, 0.2) is 6.61 Å². The lowest BCUT2D eigenvalue weighted by Crippen LogP contribution is -2.32. The summed E-state index contributed by atoms with van der Waals surface area (Å²) in [5, 5.41) is 4.71. The van der Waals surface area contributed by atoms with E-state index in [0.717, 1.165) is 0 Å². The van der Waals surface area contributed by atoms with Crippen molar-refractivity contribution in [2.45, 2.75) is 27.0 Å². The van der Waals surface area contributed by atoms with Crippen molar-refractivity contribution >= 4 is 28.4 Å². The second-order valence-electron chi connectivity index (χ2n) is 7.01. The Morgan fingerprint density at radius 3 is 2.78 bits per heavy atom. The summed E-state index contributed by atoms with van der Waals surface area (Å²) in [5.74, 6) is 1.31. The molecule has 2 heterocycles. The quantitative estimate of drug-likeness (QED) is 0.455. The molecule has 4 aromatic rings. The minimum Gasteiger partial charge on any atom is -0.485 e. The number of fused-ring (bicyclic) bond motifs is 1. The fourth-order valence-electron chi connectivity index (χ4n) is 3.23. The number of aromatic nitrogens is 4. The average molecular weight is 454 g/mol. The van der Waals surface area contributed by atoms with E-state index in [1.54, 1.807) is 54.3 Å². The maximum absolute atomic E-state index is 13.3. The van der Waals surface area contributed by atoms with Gasteiger partial charge in [-0.3, -0.25) is 9.59 Å². The zero-order valence-corrected chi connectivity index (χ0v) is 18.2. The van der Waals surface area contributed by atoms with Crippen molar-refractivity contribution in [3.05, 3.63) is 80.9 Å². The second kappa shape index (κ2) is 9.19. The van der Waals surface area contributed by atoms with Crippen molar-refractivity contribution in [2.24, 2.45) is 0 Å². The summed E-state index contributed by atoms with van der Waals surface area (Å²) in [6.07, 6.45) is 0. The number of amides is 1. The molecule has 32 heavy (non-hydrogen) atoms. The van der Waals surface area contributed by atoms with Gasteiger partial charge in [0.25, 0.3) is 11.5 Å². The molecule has 10 heteroatoms. The fourth-order valence-corrected chi connectivity index (χ4v) is 3.39. The lowest BCUT2D eigenvalue weighted by molar-refractivity contribution is 0.0743. The number of H-pyrrole nitrogens is 1. The smallest absolute Gasteiger partial charge is 0.258 e. The summed E-state index contributed by atoms with van der Waals surface area (Å²) in [6, 6.07) is 11.8. The number of nitrogens with zero attached hydrogens (tertiary/aromatic N) is 4. The minimum absolute atomic E-state index is 0.0636. The van der Waals surface area contributed by atoms with E-state index < -0.39 is 0 Å². The van der Waals surface area contributed by atoms with Gasteiger partial charge in [-0.05, 0) is 37.3 Å². The van der Waals surface area contributed by atoms with Gasteiger partial charge < -0.3 is 19.1 Å². The van der Waals surface area contributed by atoms with Gasteiger partial charge >= 0.3 is 0 Å². The van der Waals surface area contributed by atoms with Gasteiger partial charge in [0, 0.05) is 18.5 Å². The van der Waals surface area contributed by atoms with Gasteiger partial charge in [0.2, 0.25) is 11.7 Å². The van der Waals surface area contributed by atoms with Crippen molar-refractivity contribution in [1.82, 2.24) is 25.0 Å². The molecule has 0 saturated carbocycles. The van der Waals surface area contributed by atoms with Crippen LogP contribution in [0.25, 0.3) is 10.9 Å². The first kappa shape index (κ1) is 21.5. The van der Waals surface area contributed by atoms with Gasteiger partial charge in [-0.25, -0.2) is 4.98 Å². The molecule has 2 aromatic heterocycles. The summed E-state index contributed by atoms with van der Waals surface area (Å²) in [7, 11) is 0. The number of rotatable bonds is 7. The number of nitrogens with one attached hydrogen (secondary N) is 1. The molecule has 0 aliphatic heterocycles. The standard InChI is InChI=1S/C22H20ClN5O4/c1-3-28(11-19-25-17-10-14(23)8-9-15(17)21(29)26-19)22(30)16-6-4-5-7-18(16)31-12-20-24-13(2)32-27-20/h4-10H,3,11-12H2,1-2H3,(H,25,26,29). The molecule has 0 spiro atoms. The fraction of sp³-hybridized carbons (Fsp3) is 0.227. The highest BCUT2D eigenvalue weighted by Gasteiger charge is 2.20. The highest BCUT2D eigenvalue weighted by molar-refractivity contribution is 6.31. The Balaban J connectivity index is 1.57. The Morgan fingerprint density at radius 2 is 2.03 bits per heavy atom. The van der Waals surface area contributed by atoms with Gasteiger partial charge in [0.1, 0.15) is 11.6 Å². The highest BCUT2D eigenvalue weighted by Crippen LogP contribution is 2.22. The third-order valence-corrected chi connectivity index (χ3v) is 5.01. The first-order chi connectivity index (χ1) is 15.4. The van der Waals surface area contributed by atoms with E-state index in [1.807, 2.05) is 6.92 Å². The molecule has 0 radical (unpaired) electrons. The van der Waals surface area contributed by atoms with Crippen LogP contribution in [0, 0.1) is 6.92 Å². The van der Waals surface area contributed by atoms with Gasteiger partial charge in [0.05, 0.1) is 23.0 Å². The maximum atomic E-state index is 13.3. The average Bonchev–Trinajstić information content (AvgIpc) is 3.20. The Hall–Kier alpha value is -3.72. The van der Waals surface area contributed by atoms with E-state index in [-0.39, 0.29) is 24.6 Å².